The molecule has 0 saturated heterocycles. The van der Waals surface area contributed by atoms with Crippen LogP contribution in [0, 0.1) is 0 Å². The smallest absolute Gasteiger partial charge is 0.259 e. The number of hydrogen-bond acceptors (Lipinski definition) is 4. The van der Waals surface area contributed by atoms with Crippen LogP contribution in [0.1, 0.15) is 20.7 Å². The molecule has 21 heavy (non-hydrogen) atoms. The number of rotatable bonds is 4. The van der Waals surface area contributed by atoms with Gasteiger partial charge in [0.25, 0.3) is 11.8 Å². The van der Waals surface area contributed by atoms with Gasteiger partial charge in [-0.25, -0.2) is 0 Å². The summed E-state index contributed by atoms with van der Waals surface area (Å²) >= 11 is 0. The highest BCUT2D eigenvalue weighted by atomic mass is 16.5. The topological polar surface area (TPSA) is 107 Å². The van der Waals surface area contributed by atoms with Gasteiger partial charge in [-0.05, 0) is 30.3 Å². The fourth-order valence-corrected chi connectivity index (χ4v) is 1.90. The van der Waals surface area contributed by atoms with Crippen LogP contribution in [0.5, 0.6) is 5.75 Å². The fourth-order valence-electron chi connectivity index (χ4n) is 1.90. The van der Waals surface area contributed by atoms with E-state index in [-0.39, 0.29) is 11.1 Å². The number of amides is 2. The van der Waals surface area contributed by atoms with Gasteiger partial charge in [0.05, 0.1) is 23.9 Å². The molecule has 0 bridgehead atoms. The molecule has 108 valence electrons. The Balaban J connectivity index is 2.35. The number of hydrogen-bond donors (Lipinski definition) is 3. The van der Waals surface area contributed by atoms with Crippen molar-refractivity contribution in [2.24, 2.45) is 5.73 Å². The molecule has 0 aliphatic heterocycles. The van der Waals surface area contributed by atoms with E-state index in [0.29, 0.717) is 17.1 Å². The highest BCUT2D eigenvalue weighted by Gasteiger charge is 2.15. The van der Waals surface area contributed by atoms with Crippen molar-refractivity contribution in [1.82, 2.24) is 0 Å². The van der Waals surface area contributed by atoms with Crippen molar-refractivity contribution < 1.29 is 14.3 Å². The van der Waals surface area contributed by atoms with E-state index < -0.39 is 11.8 Å². The molecule has 6 nitrogen and oxygen atoms in total. The molecule has 0 spiro atoms. The first-order valence-electron chi connectivity index (χ1n) is 6.16. The van der Waals surface area contributed by atoms with Crippen LogP contribution in [0.25, 0.3) is 0 Å². The van der Waals surface area contributed by atoms with Gasteiger partial charge in [-0.1, -0.05) is 12.1 Å². The zero-order valence-corrected chi connectivity index (χ0v) is 11.4. The quantitative estimate of drug-likeness (QED) is 0.742. The number of nitrogens with one attached hydrogen (secondary N) is 1. The van der Waals surface area contributed by atoms with Crippen LogP contribution in [0.3, 0.4) is 0 Å². The van der Waals surface area contributed by atoms with Crippen LogP contribution in [0.2, 0.25) is 0 Å². The van der Waals surface area contributed by atoms with Crippen LogP contribution in [-0.2, 0) is 0 Å². The molecule has 0 saturated carbocycles. The molecule has 5 N–H and O–H groups in total. The van der Waals surface area contributed by atoms with Crippen molar-refractivity contribution in [2.45, 2.75) is 0 Å². The number of para-hydroxylation sites is 1. The number of ether oxygens (including phenoxy) is 1. The summed E-state index contributed by atoms with van der Waals surface area (Å²) in [6.07, 6.45) is 0. The van der Waals surface area contributed by atoms with E-state index >= 15 is 0 Å². The zero-order chi connectivity index (χ0) is 15.4. The monoisotopic (exact) mass is 285 g/mol. The third-order valence-corrected chi connectivity index (χ3v) is 2.91. The second-order valence-corrected chi connectivity index (χ2v) is 4.32. The maximum Gasteiger partial charge on any atom is 0.259 e. The molecule has 2 aromatic rings. The molecule has 2 aromatic carbocycles. The second-order valence-electron chi connectivity index (χ2n) is 4.32. The third-order valence-electron chi connectivity index (χ3n) is 2.91. The summed E-state index contributed by atoms with van der Waals surface area (Å²) in [6, 6.07) is 11.2. The lowest BCUT2D eigenvalue weighted by Gasteiger charge is -2.11. The molecule has 0 radical (unpaired) electrons. The summed E-state index contributed by atoms with van der Waals surface area (Å²) < 4.78 is 5.13. The largest absolute Gasteiger partial charge is 0.496 e. The lowest BCUT2D eigenvalue weighted by molar-refractivity contribution is 0.100. The molecule has 0 fully saturated rings. The van der Waals surface area contributed by atoms with Gasteiger partial charge >= 0.3 is 0 Å². The lowest BCUT2D eigenvalue weighted by atomic mass is 10.1. The van der Waals surface area contributed by atoms with Crippen LogP contribution in [0.4, 0.5) is 11.4 Å². The predicted molar refractivity (Wildman–Crippen MR) is 80.3 cm³/mol. The molecule has 0 aromatic heterocycles. The standard InChI is InChI=1S/C15H15N3O3/c1-21-13-7-6-9(16)8-11(13)15(20)18-12-5-3-2-4-10(12)14(17)19/h2-8H,16H2,1H3,(H2,17,19)(H,18,20). The van der Waals surface area contributed by atoms with E-state index in [1.165, 1.54) is 19.2 Å². The summed E-state index contributed by atoms with van der Waals surface area (Å²) in [6.45, 7) is 0. The summed E-state index contributed by atoms with van der Waals surface area (Å²) in [5, 5.41) is 2.63. The Morgan fingerprint density at radius 1 is 1.10 bits per heavy atom. The Labute approximate surface area is 121 Å². The van der Waals surface area contributed by atoms with E-state index in [9.17, 15) is 9.59 Å². The van der Waals surface area contributed by atoms with Gasteiger partial charge in [0.15, 0.2) is 0 Å². The highest BCUT2D eigenvalue weighted by molar-refractivity contribution is 6.10. The minimum Gasteiger partial charge on any atom is -0.496 e. The fraction of sp³-hybridized carbons (Fsp3) is 0.0667. The molecule has 6 heteroatoms. The van der Waals surface area contributed by atoms with Gasteiger partial charge in [-0.3, -0.25) is 9.59 Å². The van der Waals surface area contributed by atoms with Crippen LogP contribution in [0.15, 0.2) is 42.5 Å². The summed E-state index contributed by atoms with van der Waals surface area (Å²) in [5.41, 5.74) is 12.2. The van der Waals surface area contributed by atoms with Crippen molar-refractivity contribution >= 4 is 23.2 Å². The van der Waals surface area contributed by atoms with Gasteiger partial charge in [0.1, 0.15) is 5.75 Å². The number of methoxy groups -OCH3 is 1. The Kier molecular flexibility index (Phi) is 4.08. The third kappa shape index (κ3) is 3.11. The second kappa shape index (κ2) is 5.96. The molecule has 0 unspecified atom stereocenters. The maximum atomic E-state index is 12.3. The first-order valence-corrected chi connectivity index (χ1v) is 6.16. The maximum absolute atomic E-state index is 12.3. The Hall–Kier alpha value is -3.02. The normalized spacial score (nSPS) is 9.95. The number of nitrogen functional groups attached to an aromatic ring is 1. The highest BCUT2D eigenvalue weighted by Crippen LogP contribution is 2.23. The van der Waals surface area contributed by atoms with E-state index in [1.807, 2.05) is 0 Å². The molecular weight excluding hydrogens is 270 g/mol. The molecule has 0 aliphatic carbocycles. The van der Waals surface area contributed by atoms with Crippen molar-refractivity contribution in [2.75, 3.05) is 18.2 Å². The van der Waals surface area contributed by atoms with Crippen molar-refractivity contribution in [3.05, 3.63) is 53.6 Å². The van der Waals surface area contributed by atoms with E-state index in [0.717, 1.165) is 0 Å². The van der Waals surface area contributed by atoms with Crippen LogP contribution < -0.4 is 21.5 Å². The molecular formula is C15H15N3O3. The first kappa shape index (κ1) is 14.4. The average Bonchev–Trinajstić information content (AvgIpc) is 2.47. The molecule has 2 amide bonds. The lowest BCUT2D eigenvalue weighted by Crippen LogP contribution is -2.18. The van der Waals surface area contributed by atoms with E-state index in [4.69, 9.17) is 16.2 Å². The Morgan fingerprint density at radius 3 is 2.48 bits per heavy atom. The Morgan fingerprint density at radius 2 is 1.81 bits per heavy atom. The summed E-state index contributed by atoms with van der Waals surface area (Å²) in [4.78, 5) is 23.7. The number of carbonyl (C=O) groups excluding carboxylic acids is 2. The van der Waals surface area contributed by atoms with Crippen molar-refractivity contribution in [1.29, 1.82) is 0 Å². The van der Waals surface area contributed by atoms with Gasteiger partial charge in [-0.2, -0.15) is 0 Å². The van der Waals surface area contributed by atoms with Gasteiger partial charge in [0.2, 0.25) is 0 Å². The number of primary amides is 1. The number of benzene rings is 2. The van der Waals surface area contributed by atoms with Gasteiger partial charge in [-0.15, -0.1) is 0 Å². The molecule has 0 atom stereocenters. The van der Waals surface area contributed by atoms with E-state index in [2.05, 4.69) is 5.32 Å². The van der Waals surface area contributed by atoms with Gasteiger partial charge in [0, 0.05) is 5.69 Å². The average molecular weight is 285 g/mol. The summed E-state index contributed by atoms with van der Waals surface area (Å²) in [5.74, 6) is -0.670. The van der Waals surface area contributed by atoms with Crippen LogP contribution in [-0.4, -0.2) is 18.9 Å². The molecule has 0 aliphatic rings. The Bertz CT molecular complexity index is 698. The van der Waals surface area contributed by atoms with E-state index in [1.54, 1.807) is 30.3 Å². The SMILES string of the molecule is COc1ccc(N)cc1C(=O)Nc1ccccc1C(N)=O. The minimum atomic E-state index is -0.620. The molecule has 0 heterocycles. The summed E-state index contributed by atoms with van der Waals surface area (Å²) in [7, 11) is 1.46. The predicted octanol–water partition coefficient (Wildman–Crippen LogP) is 1.63. The first-order chi connectivity index (χ1) is 10.0. The number of anilines is 2. The van der Waals surface area contributed by atoms with Gasteiger partial charge < -0.3 is 21.5 Å². The van der Waals surface area contributed by atoms with Crippen molar-refractivity contribution in [3.63, 3.8) is 0 Å². The number of nitrogens with two attached hydrogens (primary N) is 2. The number of carbonyl (C=O) groups is 2. The zero-order valence-electron chi connectivity index (χ0n) is 11.4. The molecule has 2 rings (SSSR count). The minimum absolute atomic E-state index is 0.230. The van der Waals surface area contributed by atoms with Crippen molar-refractivity contribution in [3.8, 4) is 5.75 Å². The van der Waals surface area contributed by atoms with Crippen LogP contribution >= 0.6 is 0 Å².